The van der Waals surface area contributed by atoms with Crippen LogP contribution in [0.2, 0.25) is 0 Å². The third-order valence-electron chi connectivity index (χ3n) is 2.40. The minimum atomic E-state index is -0.704. The third-order valence-corrected chi connectivity index (χ3v) is 2.40. The van der Waals surface area contributed by atoms with Gasteiger partial charge in [-0.25, -0.2) is 0 Å². The standard InChI is InChI=1S/C12H21NO3/c1-12(2,3)13-7-11(16)8-4-9(14)6-10(15)5-8/h4,6,10-11,13-16H,5,7H2,1-3H3. The minimum Gasteiger partial charge on any atom is -0.508 e. The quantitative estimate of drug-likeness (QED) is 0.577. The Labute approximate surface area is 96.3 Å². The molecule has 16 heavy (non-hydrogen) atoms. The van der Waals surface area contributed by atoms with E-state index in [0.29, 0.717) is 18.5 Å². The molecule has 1 aliphatic carbocycles. The van der Waals surface area contributed by atoms with Crippen LogP contribution in [0.3, 0.4) is 0 Å². The molecule has 4 N–H and O–H groups in total. The molecule has 2 unspecified atom stereocenters. The van der Waals surface area contributed by atoms with Crippen LogP contribution in [0.5, 0.6) is 0 Å². The lowest BCUT2D eigenvalue weighted by Crippen LogP contribution is -2.41. The van der Waals surface area contributed by atoms with Crippen LogP contribution in [0.25, 0.3) is 0 Å². The second-order valence-electron chi connectivity index (χ2n) is 5.23. The molecular weight excluding hydrogens is 206 g/mol. The summed E-state index contributed by atoms with van der Waals surface area (Å²) < 4.78 is 0. The van der Waals surface area contributed by atoms with Gasteiger partial charge in [-0.05, 0) is 38.5 Å². The van der Waals surface area contributed by atoms with E-state index in [2.05, 4.69) is 5.32 Å². The summed E-state index contributed by atoms with van der Waals surface area (Å²) >= 11 is 0. The Morgan fingerprint density at radius 1 is 1.50 bits per heavy atom. The van der Waals surface area contributed by atoms with E-state index in [1.165, 1.54) is 12.2 Å². The molecule has 92 valence electrons. The van der Waals surface area contributed by atoms with Crippen LogP contribution in [0.15, 0.2) is 23.5 Å². The second-order valence-corrected chi connectivity index (χ2v) is 5.23. The van der Waals surface area contributed by atoms with Gasteiger partial charge in [0, 0.05) is 18.5 Å². The zero-order valence-corrected chi connectivity index (χ0v) is 10.1. The fourth-order valence-corrected chi connectivity index (χ4v) is 1.56. The van der Waals surface area contributed by atoms with Crippen molar-refractivity contribution in [1.82, 2.24) is 5.32 Å². The van der Waals surface area contributed by atoms with Crippen LogP contribution in [0, 0.1) is 0 Å². The van der Waals surface area contributed by atoms with E-state index < -0.39 is 12.2 Å². The number of allylic oxidation sites excluding steroid dienone is 1. The van der Waals surface area contributed by atoms with Crippen molar-refractivity contribution in [3.63, 3.8) is 0 Å². The van der Waals surface area contributed by atoms with Crippen molar-refractivity contribution in [3.05, 3.63) is 23.5 Å². The highest BCUT2D eigenvalue weighted by Crippen LogP contribution is 2.19. The van der Waals surface area contributed by atoms with Crippen molar-refractivity contribution in [1.29, 1.82) is 0 Å². The number of hydrogen-bond acceptors (Lipinski definition) is 4. The molecule has 0 spiro atoms. The molecule has 0 aromatic rings. The van der Waals surface area contributed by atoms with Gasteiger partial charge in [-0.15, -0.1) is 0 Å². The molecule has 2 atom stereocenters. The Hall–Kier alpha value is -0.840. The lowest BCUT2D eigenvalue weighted by molar-refractivity contribution is 0.164. The largest absolute Gasteiger partial charge is 0.508 e. The molecule has 0 aliphatic heterocycles. The summed E-state index contributed by atoms with van der Waals surface area (Å²) in [6.07, 6.45) is 1.88. The van der Waals surface area contributed by atoms with Crippen LogP contribution >= 0.6 is 0 Å². The van der Waals surface area contributed by atoms with E-state index in [1.54, 1.807) is 0 Å². The third kappa shape index (κ3) is 4.35. The Bertz CT molecular complexity index is 302. The molecule has 0 amide bonds. The second kappa shape index (κ2) is 4.99. The van der Waals surface area contributed by atoms with Gasteiger partial charge in [-0.1, -0.05) is 0 Å². The average Bonchev–Trinajstić information content (AvgIpc) is 2.11. The van der Waals surface area contributed by atoms with Gasteiger partial charge in [0.15, 0.2) is 0 Å². The molecule has 0 bridgehead atoms. The number of hydrogen-bond donors (Lipinski definition) is 4. The first-order chi connectivity index (χ1) is 7.28. The van der Waals surface area contributed by atoms with Crippen molar-refractivity contribution >= 4 is 0 Å². The van der Waals surface area contributed by atoms with E-state index in [-0.39, 0.29) is 11.3 Å². The van der Waals surface area contributed by atoms with E-state index in [0.717, 1.165) is 0 Å². The van der Waals surface area contributed by atoms with Crippen molar-refractivity contribution in [3.8, 4) is 0 Å². The van der Waals surface area contributed by atoms with Gasteiger partial charge >= 0.3 is 0 Å². The van der Waals surface area contributed by atoms with Crippen LogP contribution in [-0.2, 0) is 0 Å². The molecule has 0 saturated carbocycles. The van der Waals surface area contributed by atoms with E-state index >= 15 is 0 Å². The van der Waals surface area contributed by atoms with Crippen LogP contribution in [0.4, 0.5) is 0 Å². The molecule has 0 radical (unpaired) electrons. The zero-order chi connectivity index (χ0) is 12.3. The molecule has 0 heterocycles. The number of aliphatic hydroxyl groups excluding tert-OH is 3. The SMILES string of the molecule is CC(C)(C)NCC(O)C1=CC(O)=CC(O)C1. The van der Waals surface area contributed by atoms with Crippen molar-refractivity contribution < 1.29 is 15.3 Å². The summed E-state index contributed by atoms with van der Waals surface area (Å²) in [7, 11) is 0. The molecule has 1 aliphatic rings. The minimum absolute atomic E-state index is 0.0172. The predicted molar refractivity (Wildman–Crippen MR) is 63.2 cm³/mol. The number of nitrogens with one attached hydrogen (secondary N) is 1. The first-order valence-electron chi connectivity index (χ1n) is 5.50. The summed E-state index contributed by atoms with van der Waals surface area (Å²) in [5.41, 5.74) is 0.594. The summed E-state index contributed by atoms with van der Waals surface area (Å²) in [4.78, 5) is 0. The molecule has 0 saturated heterocycles. The summed E-state index contributed by atoms with van der Waals surface area (Å²) in [5.74, 6) is 0.0172. The molecule has 4 nitrogen and oxygen atoms in total. The Balaban J connectivity index is 2.55. The predicted octanol–water partition coefficient (Wildman–Crippen LogP) is 0.868. The molecular formula is C12H21NO3. The maximum Gasteiger partial charge on any atom is 0.114 e. The first kappa shape index (κ1) is 13.2. The van der Waals surface area contributed by atoms with Crippen molar-refractivity contribution in [2.45, 2.75) is 44.9 Å². The number of rotatable bonds is 3. The van der Waals surface area contributed by atoms with Crippen molar-refractivity contribution in [2.24, 2.45) is 0 Å². The topological polar surface area (TPSA) is 72.7 Å². The Morgan fingerprint density at radius 3 is 2.62 bits per heavy atom. The van der Waals surface area contributed by atoms with E-state index in [4.69, 9.17) is 0 Å². The van der Waals surface area contributed by atoms with Crippen molar-refractivity contribution in [2.75, 3.05) is 6.54 Å². The highest BCUT2D eigenvalue weighted by atomic mass is 16.3. The lowest BCUT2D eigenvalue weighted by Gasteiger charge is -2.25. The molecule has 4 heteroatoms. The van der Waals surface area contributed by atoms with Gasteiger partial charge < -0.3 is 20.6 Å². The van der Waals surface area contributed by atoms with Gasteiger partial charge in [-0.3, -0.25) is 0 Å². The van der Waals surface area contributed by atoms with Gasteiger partial charge in [-0.2, -0.15) is 0 Å². The highest BCUT2D eigenvalue weighted by Gasteiger charge is 2.20. The van der Waals surface area contributed by atoms with E-state index in [1.807, 2.05) is 20.8 Å². The molecule has 0 aromatic carbocycles. The summed E-state index contributed by atoms with van der Waals surface area (Å²) in [5, 5.41) is 31.8. The van der Waals surface area contributed by atoms with Gasteiger partial charge in [0.2, 0.25) is 0 Å². The number of β-amino-alcohol motifs (C(OH)–C–C–N with tert-alkyl or cyclic N) is 1. The summed E-state index contributed by atoms with van der Waals surface area (Å²) in [6, 6.07) is 0. The molecule has 0 fully saturated rings. The van der Waals surface area contributed by atoms with Crippen LogP contribution < -0.4 is 5.32 Å². The number of aliphatic hydroxyl groups is 3. The van der Waals surface area contributed by atoms with Gasteiger partial charge in [0.05, 0.1) is 12.2 Å². The smallest absolute Gasteiger partial charge is 0.114 e. The maximum absolute atomic E-state index is 9.89. The normalized spacial score (nSPS) is 23.7. The van der Waals surface area contributed by atoms with E-state index in [9.17, 15) is 15.3 Å². The van der Waals surface area contributed by atoms with Crippen LogP contribution in [-0.4, -0.2) is 39.6 Å². The first-order valence-corrected chi connectivity index (χ1v) is 5.50. The maximum atomic E-state index is 9.89. The zero-order valence-electron chi connectivity index (χ0n) is 10.1. The Kier molecular flexibility index (Phi) is 4.13. The van der Waals surface area contributed by atoms with Gasteiger partial charge in [0.25, 0.3) is 0 Å². The molecule has 0 aromatic heterocycles. The lowest BCUT2D eigenvalue weighted by atomic mass is 9.96. The monoisotopic (exact) mass is 227 g/mol. The highest BCUT2D eigenvalue weighted by molar-refractivity contribution is 5.27. The fourth-order valence-electron chi connectivity index (χ4n) is 1.56. The average molecular weight is 227 g/mol. The fraction of sp³-hybridized carbons (Fsp3) is 0.667. The summed E-state index contributed by atoms with van der Waals surface area (Å²) in [6.45, 7) is 6.46. The Morgan fingerprint density at radius 2 is 2.12 bits per heavy atom. The van der Waals surface area contributed by atoms with Crippen LogP contribution in [0.1, 0.15) is 27.2 Å². The van der Waals surface area contributed by atoms with Gasteiger partial charge in [0.1, 0.15) is 5.76 Å². The molecule has 1 rings (SSSR count).